The van der Waals surface area contributed by atoms with E-state index < -0.39 is 0 Å². The number of methoxy groups -OCH3 is 1. The topological polar surface area (TPSA) is 9.23 Å². The monoisotopic (exact) mass is 468 g/mol. The molecule has 0 saturated heterocycles. The Balaban J connectivity index is 1.62. The third-order valence-electron chi connectivity index (χ3n) is 15.1. The van der Waals surface area contributed by atoms with Crippen molar-refractivity contribution in [2.24, 2.45) is 49.2 Å². The Bertz CT molecular complexity index is 896. The minimum absolute atomic E-state index is 0.221. The van der Waals surface area contributed by atoms with Crippen LogP contribution in [0.5, 0.6) is 0 Å². The molecule has 0 aromatic carbocycles. The van der Waals surface area contributed by atoms with Gasteiger partial charge in [0.2, 0.25) is 0 Å². The minimum atomic E-state index is 0.221. The Hall–Kier alpha value is -0.300. The summed E-state index contributed by atoms with van der Waals surface area (Å²) in [7, 11) is 1.96. The molecule has 8 atom stereocenters. The number of rotatable bonds is 1. The molecule has 5 aliphatic rings. The highest BCUT2D eigenvalue weighted by Crippen LogP contribution is 2.81. The average Bonchev–Trinajstić information content (AvgIpc) is 2.74. The molecule has 1 heteroatoms. The lowest BCUT2D eigenvalue weighted by Crippen LogP contribution is -2.71. The van der Waals surface area contributed by atoms with Crippen LogP contribution in [0, 0.1) is 49.2 Å². The van der Waals surface area contributed by atoms with Gasteiger partial charge in [0.05, 0.1) is 6.10 Å². The summed E-state index contributed by atoms with van der Waals surface area (Å²) in [6.07, 6.45) is 16.9. The molecule has 0 heterocycles. The summed E-state index contributed by atoms with van der Waals surface area (Å²) in [6, 6.07) is 0. The highest BCUT2D eigenvalue weighted by Gasteiger charge is 2.74. The molecule has 0 aromatic heterocycles. The van der Waals surface area contributed by atoms with Gasteiger partial charge in [0.25, 0.3) is 0 Å². The Morgan fingerprint density at radius 1 is 0.647 bits per heavy atom. The molecule has 4 fully saturated rings. The fourth-order valence-electron chi connectivity index (χ4n) is 11.7. The molecule has 0 spiro atoms. The first-order chi connectivity index (χ1) is 15.5. The van der Waals surface area contributed by atoms with E-state index >= 15 is 0 Å². The van der Waals surface area contributed by atoms with Crippen molar-refractivity contribution in [2.45, 2.75) is 140 Å². The van der Waals surface area contributed by atoms with Crippen molar-refractivity contribution in [1.29, 1.82) is 0 Å². The second kappa shape index (κ2) is 6.96. The van der Waals surface area contributed by atoms with Crippen LogP contribution in [0.1, 0.15) is 133 Å². The third kappa shape index (κ3) is 2.67. The number of ether oxygens (including phenoxy) is 1. The summed E-state index contributed by atoms with van der Waals surface area (Å²) < 4.78 is 6.13. The molecule has 0 aliphatic heterocycles. The van der Waals surface area contributed by atoms with Crippen LogP contribution in [0.4, 0.5) is 0 Å². The van der Waals surface area contributed by atoms with Gasteiger partial charge < -0.3 is 4.74 Å². The van der Waals surface area contributed by atoms with Crippen molar-refractivity contribution >= 4 is 0 Å². The van der Waals surface area contributed by atoms with E-state index in [-0.39, 0.29) is 5.41 Å². The van der Waals surface area contributed by atoms with Crippen molar-refractivity contribution < 1.29 is 4.74 Å². The first-order valence-electron chi connectivity index (χ1n) is 14.7. The minimum Gasteiger partial charge on any atom is -0.381 e. The zero-order valence-corrected chi connectivity index (χ0v) is 24.7. The van der Waals surface area contributed by atoms with Crippen LogP contribution in [-0.2, 0) is 4.74 Å². The van der Waals surface area contributed by atoms with Crippen molar-refractivity contribution in [2.75, 3.05) is 7.11 Å². The van der Waals surface area contributed by atoms with E-state index in [0.717, 1.165) is 5.92 Å². The van der Waals surface area contributed by atoms with Gasteiger partial charge >= 0.3 is 0 Å². The van der Waals surface area contributed by atoms with Gasteiger partial charge in [-0.15, -0.1) is 0 Å². The number of allylic oxidation sites excluding steroid dienone is 2. The maximum Gasteiger partial charge on any atom is 0.0627 e. The quantitative estimate of drug-likeness (QED) is 0.348. The number of hydrogen-bond donors (Lipinski definition) is 0. The second-order valence-electron chi connectivity index (χ2n) is 16.5. The van der Waals surface area contributed by atoms with E-state index in [4.69, 9.17) is 4.74 Å². The molecule has 0 N–H and O–H groups in total. The van der Waals surface area contributed by atoms with Crippen molar-refractivity contribution in [3.05, 3.63) is 11.6 Å². The summed E-state index contributed by atoms with van der Waals surface area (Å²) in [5, 5.41) is 0. The van der Waals surface area contributed by atoms with Crippen LogP contribution in [0.15, 0.2) is 11.6 Å². The molecule has 194 valence electrons. The molecule has 1 nitrogen and oxygen atoms in total. The highest BCUT2D eigenvalue weighted by molar-refractivity contribution is 5.36. The van der Waals surface area contributed by atoms with Gasteiger partial charge in [0.1, 0.15) is 0 Å². The van der Waals surface area contributed by atoms with Crippen molar-refractivity contribution in [3.8, 4) is 0 Å². The van der Waals surface area contributed by atoms with E-state index in [0.29, 0.717) is 44.0 Å². The van der Waals surface area contributed by atoms with Crippen LogP contribution in [0.25, 0.3) is 0 Å². The normalized spacial score (nSPS) is 55.8. The first kappa shape index (κ1) is 25.4. The fourth-order valence-corrected chi connectivity index (χ4v) is 11.7. The lowest BCUT2D eigenvalue weighted by Gasteiger charge is -2.77. The molecule has 0 aromatic rings. The van der Waals surface area contributed by atoms with Gasteiger partial charge in [-0.3, -0.25) is 0 Å². The molecule has 8 unspecified atom stereocenters. The smallest absolute Gasteiger partial charge is 0.0627 e. The SMILES string of the molecule is COC1CCC2(C)C3CCC4(C)C5=CC(C)(C)CCC5(C)CCC4(C)C3(C)CCC2(C)C1(C)C. The molecule has 0 amide bonds. The first-order valence-corrected chi connectivity index (χ1v) is 14.7. The van der Waals surface area contributed by atoms with Crippen LogP contribution >= 0.6 is 0 Å². The molecule has 0 bridgehead atoms. The molecule has 5 rings (SSSR count). The lowest BCUT2D eigenvalue weighted by molar-refractivity contribution is -0.283. The van der Waals surface area contributed by atoms with Crippen LogP contribution in [0.2, 0.25) is 0 Å². The maximum atomic E-state index is 6.13. The van der Waals surface area contributed by atoms with Crippen LogP contribution in [-0.4, -0.2) is 13.2 Å². The van der Waals surface area contributed by atoms with Gasteiger partial charge in [0, 0.05) is 7.11 Å². The third-order valence-corrected chi connectivity index (χ3v) is 15.1. The predicted octanol–water partition coefficient (Wildman–Crippen LogP) is 9.60. The molecule has 0 radical (unpaired) electrons. The van der Waals surface area contributed by atoms with E-state index in [1.807, 2.05) is 12.7 Å². The Labute approximate surface area is 212 Å². The molecule has 4 saturated carbocycles. The van der Waals surface area contributed by atoms with E-state index in [1.165, 1.54) is 64.2 Å². The Morgan fingerprint density at radius 3 is 1.88 bits per heavy atom. The largest absolute Gasteiger partial charge is 0.381 e. The highest BCUT2D eigenvalue weighted by atomic mass is 16.5. The molecular formula is C33H56O. The number of hydrogen-bond acceptors (Lipinski definition) is 1. The van der Waals surface area contributed by atoms with Gasteiger partial charge in [-0.25, -0.2) is 0 Å². The fraction of sp³-hybridized carbons (Fsp3) is 0.939. The van der Waals surface area contributed by atoms with Crippen LogP contribution in [0.3, 0.4) is 0 Å². The summed E-state index contributed by atoms with van der Waals surface area (Å²) in [6.45, 7) is 26.3. The van der Waals surface area contributed by atoms with Crippen molar-refractivity contribution in [3.63, 3.8) is 0 Å². The number of fused-ring (bicyclic) bond motifs is 7. The summed E-state index contributed by atoms with van der Waals surface area (Å²) in [4.78, 5) is 0. The van der Waals surface area contributed by atoms with Gasteiger partial charge in [-0.2, -0.15) is 0 Å². The van der Waals surface area contributed by atoms with E-state index in [9.17, 15) is 0 Å². The molecular weight excluding hydrogens is 412 g/mol. The lowest BCUT2D eigenvalue weighted by atomic mass is 9.27. The second-order valence-corrected chi connectivity index (χ2v) is 16.5. The molecule has 34 heavy (non-hydrogen) atoms. The average molecular weight is 469 g/mol. The standard InChI is InChI=1S/C33H56O/c1-26(2)16-17-28(5)18-20-33(10)30(7,24(28)22-26)14-12-23-29(6)15-13-25(34-11)27(3,4)32(29,9)21-19-31(23,33)8/h22-23,25H,12-21H2,1-11H3. The zero-order chi connectivity index (χ0) is 25.2. The van der Waals surface area contributed by atoms with Gasteiger partial charge in [0.15, 0.2) is 0 Å². The van der Waals surface area contributed by atoms with Gasteiger partial charge in [-0.05, 0) is 113 Å². The predicted molar refractivity (Wildman–Crippen MR) is 145 cm³/mol. The molecule has 5 aliphatic carbocycles. The summed E-state index contributed by atoms with van der Waals surface area (Å²) >= 11 is 0. The Kier molecular flexibility index (Phi) is 5.19. The zero-order valence-electron chi connectivity index (χ0n) is 24.7. The van der Waals surface area contributed by atoms with E-state index in [2.05, 4.69) is 75.3 Å². The Morgan fingerprint density at radius 2 is 1.24 bits per heavy atom. The van der Waals surface area contributed by atoms with Crippen LogP contribution < -0.4 is 0 Å². The van der Waals surface area contributed by atoms with Gasteiger partial charge in [-0.1, -0.05) is 80.9 Å². The summed E-state index contributed by atoms with van der Waals surface area (Å²) in [5.41, 5.74) is 4.73. The van der Waals surface area contributed by atoms with Crippen molar-refractivity contribution in [1.82, 2.24) is 0 Å². The summed E-state index contributed by atoms with van der Waals surface area (Å²) in [5.74, 6) is 0.815. The van der Waals surface area contributed by atoms with E-state index in [1.54, 1.807) is 0 Å². The maximum absolute atomic E-state index is 6.13.